The average molecular weight is 172 g/mol. The predicted octanol–water partition coefficient (Wildman–Crippen LogP) is 0.444. The summed E-state index contributed by atoms with van der Waals surface area (Å²) in [5, 5.41) is 0. The van der Waals surface area contributed by atoms with Gasteiger partial charge in [-0.2, -0.15) is 0 Å². The van der Waals surface area contributed by atoms with Crippen LogP contribution in [0.15, 0.2) is 0 Å². The maximum absolute atomic E-state index is 5.69. The Morgan fingerprint density at radius 2 is 2.25 bits per heavy atom. The summed E-state index contributed by atoms with van der Waals surface area (Å²) in [5.41, 5.74) is 5.62. The van der Waals surface area contributed by atoms with E-state index in [0.717, 1.165) is 19.5 Å². The summed E-state index contributed by atoms with van der Waals surface area (Å²) in [6.07, 6.45) is 1.07. The summed E-state index contributed by atoms with van der Waals surface area (Å²) in [7, 11) is 1.76. The molecule has 0 aromatic carbocycles. The van der Waals surface area contributed by atoms with E-state index < -0.39 is 0 Å². The van der Waals surface area contributed by atoms with Crippen molar-refractivity contribution in [3.63, 3.8) is 0 Å². The Morgan fingerprint density at radius 3 is 2.50 bits per heavy atom. The minimum Gasteiger partial charge on any atom is -0.376 e. The zero-order valence-electron chi connectivity index (χ0n) is 8.34. The van der Waals surface area contributed by atoms with Gasteiger partial charge in [0.05, 0.1) is 5.60 Å². The van der Waals surface area contributed by atoms with Crippen LogP contribution in [-0.4, -0.2) is 43.3 Å². The van der Waals surface area contributed by atoms with Crippen molar-refractivity contribution in [2.45, 2.75) is 31.9 Å². The van der Waals surface area contributed by atoms with Crippen molar-refractivity contribution in [2.24, 2.45) is 5.73 Å². The van der Waals surface area contributed by atoms with Gasteiger partial charge in [0.2, 0.25) is 0 Å². The van der Waals surface area contributed by atoms with Crippen molar-refractivity contribution in [1.82, 2.24) is 4.90 Å². The molecule has 12 heavy (non-hydrogen) atoms. The summed E-state index contributed by atoms with van der Waals surface area (Å²) in [6.45, 7) is 7.15. The standard InChI is InChI=1S/C9H20N2O/c1-8(2)11-5-4-9(6-10,7-11)12-3/h8H,4-7,10H2,1-3H3. The second kappa shape index (κ2) is 3.73. The number of nitrogens with two attached hydrogens (primary N) is 1. The molecule has 2 N–H and O–H groups in total. The first-order valence-corrected chi connectivity index (χ1v) is 4.63. The maximum Gasteiger partial charge on any atom is 0.0938 e. The maximum atomic E-state index is 5.69. The lowest BCUT2D eigenvalue weighted by atomic mass is 10.0. The summed E-state index contributed by atoms with van der Waals surface area (Å²) in [5.74, 6) is 0. The summed E-state index contributed by atoms with van der Waals surface area (Å²) in [6, 6.07) is 0.605. The highest BCUT2D eigenvalue weighted by molar-refractivity contribution is 4.93. The molecular weight excluding hydrogens is 152 g/mol. The first-order chi connectivity index (χ1) is 5.63. The Hall–Kier alpha value is -0.120. The number of ether oxygens (including phenoxy) is 1. The number of rotatable bonds is 3. The molecule has 1 atom stereocenters. The van der Waals surface area contributed by atoms with Gasteiger partial charge < -0.3 is 10.5 Å². The highest BCUT2D eigenvalue weighted by Crippen LogP contribution is 2.24. The molecule has 1 unspecified atom stereocenters. The molecule has 1 aliphatic rings. The van der Waals surface area contributed by atoms with Gasteiger partial charge in [0.25, 0.3) is 0 Å². The molecule has 72 valence electrons. The van der Waals surface area contributed by atoms with E-state index in [2.05, 4.69) is 18.7 Å². The van der Waals surface area contributed by atoms with Gasteiger partial charge in [0, 0.05) is 32.8 Å². The topological polar surface area (TPSA) is 38.5 Å². The minimum atomic E-state index is -0.0652. The first-order valence-electron chi connectivity index (χ1n) is 4.63. The molecule has 0 spiro atoms. The Kier molecular flexibility index (Phi) is 3.09. The molecule has 0 radical (unpaired) electrons. The number of methoxy groups -OCH3 is 1. The summed E-state index contributed by atoms with van der Waals surface area (Å²) >= 11 is 0. The lowest BCUT2D eigenvalue weighted by molar-refractivity contribution is 0.00401. The van der Waals surface area contributed by atoms with Crippen LogP contribution in [-0.2, 0) is 4.74 Å². The number of nitrogens with zero attached hydrogens (tertiary/aromatic N) is 1. The van der Waals surface area contributed by atoms with Crippen molar-refractivity contribution >= 4 is 0 Å². The van der Waals surface area contributed by atoms with Crippen LogP contribution in [0, 0.1) is 0 Å². The summed E-state index contributed by atoms with van der Waals surface area (Å²) in [4.78, 5) is 2.41. The van der Waals surface area contributed by atoms with Gasteiger partial charge in [-0.25, -0.2) is 0 Å². The van der Waals surface area contributed by atoms with Gasteiger partial charge >= 0.3 is 0 Å². The van der Waals surface area contributed by atoms with Gasteiger partial charge in [-0.05, 0) is 20.3 Å². The number of hydrogen-bond acceptors (Lipinski definition) is 3. The second-order valence-electron chi connectivity index (χ2n) is 3.91. The molecule has 1 fully saturated rings. The number of likely N-dealkylation sites (tertiary alicyclic amines) is 1. The second-order valence-corrected chi connectivity index (χ2v) is 3.91. The van der Waals surface area contributed by atoms with Gasteiger partial charge in [-0.15, -0.1) is 0 Å². The minimum absolute atomic E-state index is 0.0652. The smallest absolute Gasteiger partial charge is 0.0938 e. The van der Waals surface area contributed by atoms with Gasteiger partial charge in [-0.1, -0.05) is 0 Å². The van der Waals surface area contributed by atoms with Crippen molar-refractivity contribution in [2.75, 3.05) is 26.7 Å². The van der Waals surface area contributed by atoms with E-state index in [4.69, 9.17) is 10.5 Å². The van der Waals surface area contributed by atoms with Gasteiger partial charge in [0.15, 0.2) is 0 Å². The lowest BCUT2D eigenvalue weighted by Gasteiger charge is -2.27. The first kappa shape index (κ1) is 9.96. The number of hydrogen-bond donors (Lipinski definition) is 1. The van der Waals surface area contributed by atoms with Crippen LogP contribution in [0.25, 0.3) is 0 Å². The van der Waals surface area contributed by atoms with E-state index in [-0.39, 0.29) is 5.60 Å². The molecular formula is C9H20N2O. The molecule has 3 heteroatoms. The van der Waals surface area contributed by atoms with E-state index in [1.54, 1.807) is 7.11 Å². The quantitative estimate of drug-likeness (QED) is 0.671. The molecule has 1 rings (SSSR count). The van der Waals surface area contributed by atoms with Crippen LogP contribution in [0.2, 0.25) is 0 Å². The zero-order chi connectivity index (χ0) is 9.19. The molecule has 3 nitrogen and oxygen atoms in total. The molecule has 0 aromatic heterocycles. The molecule has 0 amide bonds. The van der Waals surface area contributed by atoms with Gasteiger partial charge in [0.1, 0.15) is 0 Å². The van der Waals surface area contributed by atoms with Gasteiger partial charge in [-0.3, -0.25) is 4.90 Å². The molecule has 1 saturated heterocycles. The Balaban J connectivity index is 2.52. The third kappa shape index (κ3) is 1.79. The highest BCUT2D eigenvalue weighted by Gasteiger charge is 2.37. The van der Waals surface area contributed by atoms with Crippen molar-refractivity contribution in [3.05, 3.63) is 0 Å². The van der Waals surface area contributed by atoms with Crippen molar-refractivity contribution < 1.29 is 4.74 Å². The lowest BCUT2D eigenvalue weighted by Crippen LogP contribution is -2.43. The monoisotopic (exact) mass is 172 g/mol. The molecule has 0 aromatic rings. The Labute approximate surface area is 74.9 Å². The SMILES string of the molecule is COC1(CN)CCN(C(C)C)C1. The molecule has 0 aliphatic carbocycles. The largest absolute Gasteiger partial charge is 0.376 e. The predicted molar refractivity (Wildman–Crippen MR) is 50.1 cm³/mol. The van der Waals surface area contributed by atoms with E-state index in [1.807, 2.05) is 0 Å². The van der Waals surface area contributed by atoms with Crippen LogP contribution in [0.4, 0.5) is 0 Å². The van der Waals surface area contributed by atoms with Crippen LogP contribution >= 0.6 is 0 Å². The van der Waals surface area contributed by atoms with Crippen LogP contribution in [0.5, 0.6) is 0 Å². The van der Waals surface area contributed by atoms with E-state index in [0.29, 0.717) is 12.6 Å². The average Bonchev–Trinajstić information content (AvgIpc) is 2.49. The highest BCUT2D eigenvalue weighted by atomic mass is 16.5. The zero-order valence-corrected chi connectivity index (χ0v) is 8.34. The summed E-state index contributed by atoms with van der Waals surface area (Å²) < 4.78 is 5.46. The normalized spacial score (nSPS) is 31.8. The van der Waals surface area contributed by atoms with Crippen molar-refractivity contribution in [3.8, 4) is 0 Å². The van der Waals surface area contributed by atoms with E-state index in [9.17, 15) is 0 Å². The molecule has 1 aliphatic heterocycles. The van der Waals surface area contributed by atoms with Crippen LogP contribution < -0.4 is 5.73 Å². The Bertz CT molecular complexity index is 143. The van der Waals surface area contributed by atoms with Crippen molar-refractivity contribution in [1.29, 1.82) is 0 Å². The molecule has 0 saturated carbocycles. The molecule has 1 heterocycles. The van der Waals surface area contributed by atoms with E-state index in [1.165, 1.54) is 0 Å². The van der Waals surface area contributed by atoms with E-state index >= 15 is 0 Å². The fourth-order valence-electron chi connectivity index (χ4n) is 1.73. The third-order valence-corrected chi connectivity index (χ3v) is 2.88. The third-order valence-electron chi connectivity index (χ3n) is 2.88. The van der Waals surface area contributed by atoms with Crippen LogP contribution in [0.3, 0.4) is 0 Å². The Morgan fingerprint density at radius 1 is 1.58 bits per heavy atom. The molecule has 0 bridgehead atoms. The van der Waals surface area contributed by atoms with Crippen LogP contribution in [0.1, 0.15) is 20.3 Å². The fourth-order valence-corrected chi connectivity index (χ4v) is 1.73. The fraction of sp³-hybridized carbons (Fsp3) is 1.00.